The summed E-state index contributed by atoms with van der Waals surface area (Å²) >= 11 is 4.79. The molecule has 0 aliphatic heterocycles. The molecule has 1 aliphatic carbocycles. The number of nitriles is 1. The van der Waals surface area contributed by atoms with Crippen molar-refractivity contribution in [1.29, 1.82) is 5.26 Å². The fourth-order valence-corrected chi connectivity index (χ4v) is 1.72. The van der Waals surface area contributed by atoms with E-state index in [-0.39, 0.29) is 17.5 Å². The lowest BCUT2D eigenvalue weighted by atomic mass is 9.84. The van der Waals surface area contributed by atoms with Gasteiger partial charge >= 0.3 is 5.97 Å². The Kier molecular flexibility index (Phi) is 3.06. The minimum Gasteiger partial charge on any atom is -0.464 e. The second kappa shape index (κ2) is 3.93. The summed E-state index contributed by atoms with van der Waals surface area (Å²) < 4.78 is 4.83. The third-order valence-electron chi connectivity index (χ3n) is 2.35. The zero-order chi connectivity index (χ0) is 10.8. The Hall–Kier alpha value is -1.15. The maximum atomic E-state index is 11.6. The minimum atomic E-state index is -1.38. The molecule has 0 spiro atoms. The number of thiocarbonyl (C=S) groups is 1. The van der Waals surface area contributed by atoms with Gasteiger partial charge in [0, 0.05) is 0 Å². The molecule has 2 N–H and O–H groups in total. The zero-order valence-corrected chi connectivity index (χ0v) is 8.76. The highest BCUT2D eigenvalue weighted by molar-refractivity contribution is 7.80. The van der Waals surface area contributed by atoms with Crippen LogP contribution in [0.25, 0.3) is 0 Å². The van der Waals surface area contributed by atoms with Crippen LogP contribution < -0.4 is 5.73 Å². The SMILES string of the molecule is CCOC(=O)C(C#N)(C(N)=S)C1CC1. The maximum absolute atomic E-state index is 11.6. The summed E-state index contributed by atoms with van der Waals surface area (Å²) in [6, 6.07) is 1.92. The van der Waals surface area contributed by atoms with Gasteiger partial charge in [-0.05, 0) is 25.7 Å². The third-order valence-corrected chi connectivity index (χ3v) is 2.67. The van der Waals surface area contributed by atoms with Crippen LogP contribution in [0, 0.1) is 22.7 Å². The Morgan fingerprint density at radius 3 is 2.64 bits per heavy atom. The van der Waals surface area contributed by atoms with Crippen LogP contribution in [0.2, 0.25) is 0 Å². The van der Waals surface area contributed by atoms with Crippen molar-refractivity contribution in [2.75, 3.05) is 6.61 Å². The van der Waals surface area contributed by atoms with Gasteiger partial charge in [0.05, 0.1) is 12.7 Å². The van der Waals surface area contributed by atoms with Gasteiger partial charge in [0.2, 0.25) is 5.41 Å². The number of hydrogen-bond acceptors (Lipinski definition) is 4. The first-order chi connectivity index (χ1) is 6.59. The number of nitrogens with two attached hydrogens (primary N) is 1. The molecular formula is C9H12N2O2S. The second-order valence-electron chi connectivity index (χ2n) is 3.28. The molecule has 14 heavy (non-hydrogen) atoms. The van der Waals surface area contributed by atoms with E-state index in [1.807, 2.05) is 6.07 Å². The van der Waals surface area contributed by atoms with Gasteiger partial charge in [-0.25, -0.2) is 4.79 Å². The van der Waals surface area contributed by atoms with Gasteiger partial charge in [-0.2, -0.15) is 5.26 Å². The number of carbonyl (C=O) groups is 1. The number of carbonyl (C=O) groups excluding carboxylic acids is 1. The van der Waals surface area contributed by atoms with Crippen LogP contribution in [0.4, 0.5) is 0 Å². The molecule has 0 amide bonds. The molecule has 0 bridgehead atoms. The highest BCUT2D eigenvalue weighted by atomic mass is 32.1. The van der Waals surface area contributed by atoms with Gasteiger partial charge in [-0.1, -0.05) is 12.2 Å². The quantitative estimate of drug-likeness (QED) is 0.550. The first-order valence-electron chi connectivity index (χ1n) is 4.48. The van der Waals surface area contributed by atoms with Crippen LogP contribution in [-0.4, -0.2) is 17.6 Å². The normalized spacial score (nSPS) is 19.1. The third kappa shape index (κ3) is 1.58. The van der Waals surface area contributed by atoms with Gasteiger partial charge < -0.3 is 10.5 Å². The molecule has 0 saturated heterocycles. The lowest BCUT2D eigenvalue weighted by molar-refractivity contribution is -0.149. The van der Waals surface area contributed by atoms with E-state index in [2.05, 4.69) is 0 Å². The Balaban J connectivity index is 2.96. The first-order valence-corrected chi connectivity index (χ1v) is 4.88. The van der Waals surface area contributed by atoms with Crippen molar-refractivity contribution in [2.45, 2.75) is 19.8 Å². The highest BCUT2D eigenvalue weighted by Crippen LogP contribution is 2.46. The predicted octanol–water partition coefficient (Wildman–Crippen LogP) is 0.756. The monoisotopic (exact) mass is 212 g/mol. The maximum Gasteiger partial charge on any atom is 0.333 e. The average Bonchev–Trinajstić information content (AvgIpc) is 2.90. The van der Waals surface area contributed by atoms with Crippen molar-refractivity contribution in [3.05, 3.63) is 0 Å². The van der Waals surface area contributed by atoms with Gasteiger partial charge in [-0.15, -0.1) is 0 Å². The van der Waals surface area contributed by atoms with Crippen LogP contribution in [0.5, 0.6) is 0 Å². The summed E-state index contributed by atoms with van der Waals surface area (Å²) in [6.45, 7) is 1.92. The lowest BCUT2D eigenvalue weighted by Crippen LogP contribution is -2.44. The average molecular weight is 212 g/mol. The highest BCUT2D eigenvalue weighted by Gasteiger charge is 2.55. The van der Waals surface area contributed by atoms with Crippen molar-refractivity contribution in [3.8, 4) is 6.07 Å². The Bertz CT molecular complexity index is 306. The van der Waals surface area contributed by atoms with E-state index in [0.29, 0.717) is 0 Å². The first kappa shape index (κ1) is 10.9. The molecule has 0 aromatic carbocycles. The van der Waals surface area contributed by atoms with Crippen LogP contribution in [0.3, 0.4) is 0 Å². The molecule has 1 fully saturated rings. The summed E-state index contributed by atoms with van der Waals surface area (Å²) in [6.07, 6.45) is 1.62. The molecule has 1 rings (SSSR count). The molecule has 1 atom stereocenters. The number of hydrogen-bond donors (Lipinski definition) is 1. The molecule has 1 unspecified atom stereocenters. The number of rotatable bonds is 4. The van der Waals surface area contributed by atoms with E-state index in [1.54, 1.807) is 6.92 Å². The van der Waals surface area contributed by atoms with Crippen LogP contribution in [0.15, 0.2) is 0 Å². The fourth-order valence-electron chi connectivity index (χ4n) is 1.42. The van der Waals surface area contributed by atoms with Crippen LogP contribution >= 0.6 is 12.2 Å². The van der Waals surface area contributed by atoms with E-state index in [9.17, 15) is 4.79 Å². The standard InChI is InChI=1S/C9H12N2O2S/c1-2-13-8(12)9(5-10,7(11)14)6-3-4-6/h6H,2-4H2,1H3,(H2,11,14). The number of nitrogens with zero attached hydrogens (tertiary/aromatic N) is 1. The molecule has 5 heteroatoms. The molecule has 0 aromatic heterocycles. The molecule has 1 aliphatic rings. The molecular weight excluding hydrogens is 200 g/mol. The van der Waals surface area contributed by atoms with Crippen molar-refractivity contribution >= 4 is 23.2 Å². The number of ether oxygens (including phenoxy) is 1. The van der Waals surface area contributed by atoms with Gasteiger partial charge in [0.25, 0.3) is 0 Å². The molecule has 0 heterocycles. The smallest absolute Gasteiger partial charge is 0.333 e. The summed E-state index contributed by atoms with van der Waals surface area (Å²) in [4.78, 5) is 11.5. The zero-order valence-electron chi connectivity index (χ0n) is 7.95. The Morgan fingerprint density at radius 1 is 1.79 bits per heavy atom. The van der Waals surface area contributed by atoms with E-state index in [1.165, 1.54) is 0 Å². The summed E-state index contributed by atoms with van der Waals surface area (Å²) in [5.41, 5.74) is 4.08. The second-order valence-corrected chi connectivity index (χ2v) is 3.72. The molecule has 4 nitrogen and oxygen atoms in total. The van der Waals surface area contributed by atoms with Gasteiger partial charge in [0.15, 0.2) is 0 Å². The van der Waals surface area contributed by atoms with E-state index >= 15 is 0 Å². The lowest BCUT2D eigenvalue weighted by Gasteiger charge is -2.22. The molecule has 76 valence electrons. The fraction of sp³-hybridized carbons (Fsp3) is 0.667. The molecule has 1 saturated carbocycles. The van der Waals surface area contributed by atoms with Crippen LogP contribution in [0.1, 0.15) is 19.8 Å². The van der Waals surface area contributed by atoms with E-state index in [0.717, 1.165) is 12.8 Å². The molecule has 0 radical (unpaired) electrons. The summed E-state index contributed by atoms with van der Waals surface area (Å²) in [5, 5.41) is 9.04. The van der Waals surface area contributed by atoms with Crippen LogP contribution in [-0.2, 0) is 9.53 Å². The molecule has 0 aromatic rings. The van der Waals surface area contributed by atoms with Crippen molar-refractivity contribution < 1.29 is 9.53 Å². The minimum absolute atomic E-state index is 0.0518. The summed E-state index contributed by atoms with van der Waals surface area (Å²) in [5.74, 6) is -0.651. The topological polar surface area (TPSA) is 76.1 Å². The summed E-state index contributed by atoms with van der Waals surface area (Å²) in [7, 11) is 0. The number of esters is 1. The predicted molar refractivity (Wildman–Crippen MR) is 54.2 cm³/mol. The largest absolute Gasteiger partial charge is 0.464 e. The van der Waals surface area contributed by atoms with E-state index < -0.39 is 11.4 Å². The van der Waals surface area contributed by atoms with Crippen molar-refractivity contribution in [1.82, 2.24) is 0 Å². The van der Waals surface area contributed by atoms with E-state index in [4.69, 9.17) is 28.0 Å². The Labute approximate surface area is 88.0 Å². The van der Waals surface area contributed by atoms with Gasteiger partial charge in [0.1, 0.15) is 4.99 Å². The van der Waals surface area contributed by atoms with Crippen molar-refractivity contribution in [3.63, 3.8) is 0 Å². The van der Waals surface area contributed by atoms with Crippen molar-refractivity contribution in [2.24, 2.45) is 17.1 Å². The Morgan fingerprint density at radius 2 is 2.36 bits per heavy atom. The van der Waals surface area contributed by atoms with Gasteiger partial charge in [-0.3, -0.25) is 0 Å².